The van der Waals surface area contributed by atoms with Crippen LogP contribution < -0.4 is 4.90 Å². The van der Waals surface area contributed by atoms with Gasteiger partial charge in [0.05, 0.1) is 16.5 Å². The Balaban J connectivity index is 1.87. The van der Waals surface area contributed by atoms with Gasteiger partial charge in [-0.2, -0.15) is 5.26 Å². The molecule has 2 amide bonds. The molecule has 1 aromatic carbocycles. The molecule has 5 nitrogen and oxygen atoms in total. The fourth-order valence-electron chi connectivity index (χ4n) is 2.75. The molecule has 1 atom stereocenters. The number of imide groups is 1. The molecule has 0 spiro atoms. The lowest BCUT2D eigenvalue weighted by molar-refractivity contribution is -0.121. The molecule has 2 heterocycles. The Morgan fingerprint density at radius 3 is 2.50 bits per heavy atom. The third kappa shape index (κ3) is 3.49. The fourth-order valence-corrected chi connectivity index (χ4v) is 3.85. The molecule has 1 aromatic heterocycles. The summed E-state index contributed by atoms with van der Waals surface area (Å²) in [4.78, 5) is 31.0. The summed E-state index contributed by atoms with van der Waals surface area (Å²) in [6.07, 6.45) is 0.107. The van der Waals surface area contributed by atoms with E-state index in [0.29, 0.717) is 16.3 Å². The monoisotopic (exact) mass is 365 g/mol. The second kappa shape index (κ2) is 7.30. The molecule has 6 heteroatoms. The molecule has 1 fully saturated rings. The number of pyridine rings is 1. The number of anilines is 1. The molecular formula is C20H19N3O2S. The molecule has 0 aliphatic carbocycles. The van der Waals surface area contributed by atoms with E-state index in [4.69, 9.17) is 0 Å². The highest BCUT2D eigenvalue weighted by Gasteiger charge is 2.40. The number of aromatic nitrogens is 1. The maximum absolute atomic E-state index is 12.8. The topological polar surface area (TPSA) is 74.1 Å². The third-order valence-corrected chi connectivity index (χ3v) is 5.43. The summed E-state index contributed by atoms with van der Waals surface area (Å²) in [6.45, 7) is 5.99. The molecule has 1 aliphatic heterocycles. The molecule has 0 saturated carbocycles. The Morgan fingerprint density at radius 2 is 1.88 bits per heavy atom. The first-order valence-corrected chi connectivity index (χ1v) is 9.30. The lowest BCUT2D eigenvalue weighted by atomic mass is 10.1. The predicted octanol–water partition coefficient (Wildman–Crippen LogP) is 3.81. The second-order valence-electron chi connectivity index (χ2n) is 6.57. The van der Waals surface area contributed by atoms with Crippen molar-refractivity contribution in [3.63, 3.8) is 0 Å². The van der Waals surface area contributed by atoms with E-state index in [2.05, 4.69) is 11.1 Å². The minimum absolute atomic E-state index is 0.107. The summed E-state index contributed by atoms with van der Waals surface area (Å²) in [5, 5.41) is 9.28. The van der Waals surface area contributed by atoms with Crippen molar-refractivity contribution in [1.29, 1.82) is 5.26 Å². The Labute approximate surface area is 157 Å². The largest absolute Gasteiger partial charge is 0.274 e. The van der Waals surface area contributed by atoms with Crippen LogP contribution >= 0.6 is 11.8 Å². The number of aryl methyl sites for hydroxylation is 1. The van der Waals surface area contributed by atoms with Gasteiger partial charge in [0.2, 0.25) is 11.8 Å². The van der Waals surface area contributed by atoms with Crippen LogP contribution in [0.5, 0.6) is 0 Å². The number of nitrogens with zero attached hydrogens (tertiary/aromatic N) is 3. The van der Waals surface area contributed by atoms with Gasteiger partial charge in [0.1, 0.15) is 11.1 Å². The zero-order valence-electron chi connectivity index (χ0n) is 14.9. The van der Waals surface area contributed by atoms with Crippen LogP contribution in [0, 0.1) is 18.3 Å². The van der Waals surface area contributed by atoms with Crippen LogP contribution in [0.4, 0.5) is 5.69 Å². The summed E-state index contributed by atoms with van der Waals surface area (Å²) in [5.74, 6) is -0.272. The van der Waals surface area contributed by atoms with Gasteiger partial charge in [0.15, 0.2) is 0 Å². The normalized spacial score (nSPS) is 17.0. The van der Waals surface area contributed by atoms with Gasteiger partial charge in [-0.3, -0.25) is 9.59 Å². The lowest BCUT2D eigenvalue weighted by Gasteiger charge is -2.15. The maximum Gasteiger partial charge on any atom is 0.247 e. The first-order chi connectivity index (χ1) is 12.4. The molecule has 132 valence electrons. The maximum atomic E-state index is 12.8. The zero-order chi connectivity index (χ0) is 18.8. The summed E-state index contributed by atoms with van der Waals surface area (Å²) < 4.78 is 0. The highest BCUT2D eigenvalue weighted by atomic mass is 32.2. The quantitative estimate of drug-likeness (QED) is 0.770. The van der Waals surface area contributed by atoms with Gasteiger partial charge in [-0.05, 0) is 37.1 Å². The first kappa shape index (κ1) is 18.2. The van der Waals surface area contributed by atoms with Crippen molar-refractivity contribution in [2.75, 3.05) is 4.90 Å². The van der Waals surface area contributed by atoms with Crippen LogP contribution in [-0.2, 0) is 9.59 Å². The van der Waals surface area contributed by atoms with E-state index in [-0.39, 0.29) is 24.2 Å². The van der Waals surface area contributed by atoms with E-state index >= 15 is 0 Å². The standard InChI is InChI=1S/C20H19N3O2S/c1-12(2)16-9-6-14(11-21)19(22-16)26-17-10-18(24)23(20(17)25)15-7-4-13(3)5-8-15/h4-9,12,17H,10H2,1-3H3. The lowest BCUT2D eigenvalue weighted by Crippen LogP contribution is -2.31. The average molecular weight is 365 g/mol. The van der Waals surface area contributed by atoms with Gasteiger partial charge < -0.3 is 0 Å². The van der Waals surface area contributed by atoms with E-state index in [9.17, 15) is 14.9 Å². The van der Waals surface area contributed by atoms with E-state index in [1.54, 1.807) is 18.2 Å². The number of nitriles is 1. The van der Waals surface area contributed by atoms with Crippen LogP contribution in [0.25, 0.3) is 0 Å². The van der Waals surface area contributed by atoms with E-state index in [1.807, 2.05) is 39.0 Å². The number of thioether (sulfide) groups is 1. The molecule has 1 aliphatic rings. The molecule has 2 aromatic rings. The molecule has 0 N–H and O–H groups in total. The summed E-state index contributed by atoms with van der Waals surface area (Å²) in [6, 6.07) is 13.0. The van der Waals surface area contributed by atoms with Gasteiger partial charge in [-0.1, -0.05) is 43.3 Å². The van der Waals surface area contributed by atoms with Gasteiger partial charge in [0.25, 0.3) is 0 Å². The number of hydrogen-bond donors (Lipinski definition) is 0. The number of amides is 2. The van der Waals surface area contributed by atoms with Crippen molar-refractivity contribution >= 4 is 29.3 Å². The van der Waals surface area contributed by atoms with Crippen molar-refractivity contribution in [2.45, 2.75) is 43.4 Å². The van der Waals surface area contributed by atoms with Gasteiger partial charge in [-0.15, -0.1) is 0 Å². The first-order valence-electron chi connectivity index (χ1n) is 8.42. The van der Waals surface area contributed by atoms with E-state index < -0.39 is 5.25 Å². The summed E-state index contributed by atoms with van der Waals surface area (Å²) in [5.41, 5.74) is 2.93. The molecule has 0 radical (unpaired) electrons. The molecule has 1 saturated heterocycles. The average Bonchev–Trinajstić information content (AvgIpc) is 2.89. The smallest absolute Gasteiger partial charge is 0.247 e. The summed E-state index contributed by atoms with van der Waals surface area (Å²) in [7, 11) is 0. The molecule has 3 rings (SSSR count). The Bertz CT molecular complexity index is 900. The Kier molecular flexibility index (Phi) is 5.10. The number of rotatable bonds is 4. The Hall–Kier alpha value is -2.65. The molecule has 0 bridgehead atoms. The van der Waals surface area contributed by atoms with Crippen molar-refractivity contribution in [3.05, 3.63) is 53.2 Å². The van der Waals surface area contributed by atoms with Gasteiger partial charge in [-0.25, -0.2) is 9.88 Å². The number of benzene rings is 1. The zero-order valence-corrected chi connectivity index (χ0v) is 15.7. The number of carbonyl (C=O) groups is 2. The SMILES string of the molecule is Cc1ccc(N2C(=O)CC(Sc3nc(C(C)C)ccc3C#N)C2=O)cc1. The van der Waals surface area contributed by atoms with E-state index in [1.165, 1.54) is 16.7 Å². The summed E-state index contributed by atoms with van der Waals surface area (Å²) >= 11 is 1.20. The van der Waals surface area contributed by atoms with Crippen LogP contribution in [-0.4, -0.2) is 22.0 Å². The van der Waals surface area contributed by atoms with Crippen LogP contribution in [0.1, 0.15) is 43.0 Å². The van der Waals surface area contributed by atoms with Crippen LogP contribution in [0.2, 0.25) is 0 Å². The van der Waals surface area contributed by atoms with Crippen LogP contribution in [0.15, 0.2) is 41.4 Å². The fraction of sp³-hybridized carbons (Fsp3) is 0.300. The molecule has 1 unspecified atom stereocenters. The van der Waals surface area contributed by atoms with Crippen molar-refractivity contribution in [2.24, 2.45) is 0 Å². The van der Waals surface area contributed by atoms with Crippen molar-refractivity contribution in [3.8, 4) is 6.07 Å². The van der Waals surface area contributed by atoms with Crippen molar-refractivity contribution in [1.82, 2.24) is 4.98 Å². The Morgan fingerprint density at radius 1 is 1.19 bits per heavy atom. The van der Waals surface area contributed by atoms with Gasteiger partial charge >= 0.3 is 0 Å². The number of carbonyl (C=O) groups excluding carboxylic acids is 2. The minimum atomic E-state index is -0.564. The highest BCUT2D eigenvalue weighted by Crippen LogP contribution is 2.35. The van der Waals surface area contributed by atoms with E-state index in [0.717, 1.165) is 11.3 Å². The second-order valence-corrected chi connectivity index (χ2v) is 7.76. The van der Waals surface area contributed by atoms with Crippen molar-refractivity contribution < 1.29 is 9.59 Å². The predicted molar refractivity (Wildman–Crippen MR) is 101 cm³/mol. The number of hydrogen-bond acceptors (Lipinski definition) is 5. The molecule has 26 heavy (non-hydrogen) atoms. The minimum Gasteiger partial charge on any atom is -0.274 e. The van der Waals surface area contributed by atoms with Crippen LogP contribution in [0.3, 0.4) is 0 Å². The molecular weight excluding hydrogens is 346 g/mol. The van der Waals surface area contributed by atoms with Gasteiger partial charge in [0, 0.05) is 12.1 Å². The third-order valence-electron chi connectivity index (χ3n) is 4.25. The highest BCUT2D eigenvalue weighted by molar-refractivity contribution is 8.00.